The van der Waals surface area contributed by atoms with Gasteiger partial charge in [0.05, 0.1) is 0 Å². The van der Waals surface area contributed by atoms with Crippen molar-refractivity contribution in [1.82, 2.24) is 5.32 Å². The van der Waals surface area contributed by atoms with Gasteiger partial charge in [0.15, 0.2) is 0 Å². The first-order valence-corrected chi connectivity index (χ1v) is 6.64. The van der Waals surface area contributed by atoms with Crippen LogP contribution in [0.3, 0.4) is 0 Å². The minimum Gasteiger partial charge on any atom is -0.317 e. The van der Waals surface area contributed by atoms with E-state index in [1.165, 1.54) is 32.1 Å². The molecule has 3 rings (SSSR count). The summed E-state index contributed by atoms with van der Waals surface area (Å²) in [4.78, 5) is 0. The molecule has 1 aromatic rings. The van der Waals surface area contributed by atoms with Gasteiger partial charge in [0.1, 0.15) is 0 Å². The fourth-order valence-electron chi connectivity index (χ4n) is 2.93. The van der Waals surface area contributed by atoms with E-state index in [4.69, 9.17) is 0 Å². The molecule has 0 aromatic heterocycles. The Hall–Kier alpha value is -0.820. The molecular weight excluding hydrogens is 194 g/mol. The van der Waals surface area contributed by atoms with Crippen LogP contribution in [0.5, 0.6) is 0 Å². The molecule has 0 unspecified atom stereocenters. The zero-order valence-electron chi connectivity index (χ0n) is 10.1. The first-order chi connectivity index (χ1) is 7.86. The third-order valence-electron chi connectivity index (χ3n) is 4.50. The van der Waals surface area contributed by atoms with Crippen LogP contribution in [0.1, 0.15) is 55.1 Å². The van der Waals surface area contributed by atoms with E-state index >= 15 is 0 Å². The summed E-state index contributed by atoms with van der Waals surface area (Å²) in [5.74, 6) is 1.69. The van der Waals surface area contributed by atoms with E-state index in [2.05, 4.69) is 36.6 Å². The number of nitrogens with one attached hydrogen (secondary N) is 1. The first-order valence-electron chi connectivity index (χ1n) is 6.64. The molecule has 2 saturated carbocycles. The highest BCUT2D eigenvalue weighted by Crippen LogP contribution is 2.40. The highest BCUT2D eigenvalue weighted by atomic mass is 14.9. The molecule has 86 valence electrons. The molecular formula is C15H21N. The van der Waals surface area contributed by atoms with E-state index in [9.17, 15) is 0 Å². The maximum Gasteiger partial charge on any atom is 0.00757 e. The minimum absolute atomic E-state index is 0.761. The predicted molar refractivity (Wildman–Crippen MR) is 67.9 cm³/mol. The maximum atomic E-state index is 3.36. The molecule has 16 heavy (non-hydrogen) atoms. The lowest BCUT2D eigenvalue weighted by atomic mass is 9.74. The van der Waals surface area contributed by atoms with Crippen molar-refractivity contribution in [3.05, 3.63) is 35.4 Å². The molecule has 0 heterocycles. The second-order valence-electron chi connectivity index (χ2n) is 5.45. The number of benzene rings is 1. The third-order valence-corrected chi connectivity index (χ3v) is 4.50. The van der Waals surface area contributed by atoms with Crippen molar-refractivity contribution in [2.45, 2.75) is 50.0 Å². The Morgan fingerprint density at radius 3 is 2.31 bits per heavy atom. The largest absolute Gasteiger partial charge is 0.317 e. The van der Waals surface area contributed by atoms with Gasteiger partial charge in [-0.3, -0.25) is 0 Å². The SMILES string of the molecule is CNC1CC(c2cccc(C3CCC3)c2)C1. The molecule has 1 heteroatoms. The van der Waals surface area contributed by atoms with Crippen LogP contribution in [-0.2, 0) is 0 Å². The van der Waals surface area contributed by atoms with Gasteiger partial charge in [0.25, 0.3) is 0 Å². The molecule has 2 fully saturated rings. The number of hydrogen-bond donors (Lipinski definition) is 1. The van der Waals surface area contributed by atoms with Crippen LogP contribution < -0.4 is 5.32 Å². The summed E-state index contributed by atoms with van der Waals surface area (Å²) < 4.78 is 0. The molecule has 2 aliphatic carbocycles. The molecule has 0 aliphatic heterocycles. The molecule has 0 bridgehead atoms. The zero-order valence-corrected chi connectivity index (χ0v) is 10.1. The molecule has 0 saturated heterocycles. The van der Waals surface area contributed by atoms with Gasteiger partial charge < -0.3 is 5.32 Å². The Bertz CT molecular complexity index is 361. The van der Waals surface area contributed by atoms with Crippen molar-refractivity contribution >= 4 is 0 Å². The van der Waals surface area contributed by atoms with Crippen LogP contribution >= 0.6 is 0 Å². The monoisotopic (exact) mass is 215 g/mol. The fourth-order valence-corrected chi connectivity index (χ4v) is 2.93. The quantitative estimate of drug-likeness (QED) is 0.814. The lowest BCUT2D eigenvalue weighted by Gasteiger charge is -2.36. The number of hydrogen-bond acceptors (Lipinski definition) is 1. The highest BCUT2D eigenvalue weighted by Gasteiger charge is 2.29. The molecule has 0 radical (unpaired) electrons. The van der Waals surface area contributed by atoms with Crippen molar-refractivity contribution < 1.29 is 0 Å². The summed E-state index contributed by atoms with van der Waals surface area (Å²) >= 11 is 0. The smallest absolute Gasteiger partial charge is 0.00757 e. The van der Waals surface area contributed by atoms with E-state index < -0.39 is 0 Å². The predicted octanol–water partition coefficient (Wildman–Crippen LogP) is 3.42. The van der Waals surface area contributed by atoms with E-state index in [-0.39, 0.29) is 0 Å². The fraction of sp³-hybridized carbons (Fsp3) is 0.600. The summed E-state index contributed by atoms with van der Waals surface area (Å²) in [7, 11) is 2.08. The normalized spacial score (nSPS) is 29.6. The summed E-state index contributed by atoms with van der Waals surface area (Å²) in [6.45, 7) is 0. The second-order valence-corrected chi connectivity index (χ2v) is 5.45. The van der Waals surface area contributed by atoms with Crippen molar-refractivity contribution in [3.63, 3.8) is 0 Å². The van der Waals surface area contributed by atoms with Crippen molar-refractivity contribution in [3.8, 4) is 0 Å². The van der Waals surface area contributed by atoms with E-state index in [0.29, 0.717) is 0 Å². The Kier molecular flexibility index (Phi) is 2.72. The van der Waals surface area contributed by atoms with E-state index in [1.54, 1.807) is 11.1 Å². The average Bonchev–Trinajstić information content (AvgIpc) is 2.14. The molecule has 0 spiro atoms. The van der Waals surface area contributed by atoms with Crippen LogP contribution in [0.15, 0.2) is 24.3 Å². The second kappa shape index (κ2) is 4.21. The molecule has 1 N–H and O–H groups in total. The van der Waals surface area contributed by atoms with Crippen molar-refractivity contribution in [2.75, 3.05) is 7.05 Å². The van der Waals surface area contributed by atoms with Gasteiger partial charge >= 0.3 is 0 Å². The standard InChI is InChI=1S/C15H21N/c1-16-15-9-14(10-15)13-7-3-6-12(8-13)11-4-2-5-11/h3,6-8,11,14-16H,2,4-5,9-10H2,1H3. The lowest BCUT2D eigenvalue weighted by molar-refractivity contribution is 0.307. The van der Waals surface area contributed by atoms with Gasteiger partial charge in [0, 0.05) is 6.04 Å². The summed E-state index contributed by atoms with van der Waals surface area (Å²) in [5.41, 5.74) is 3.17. The maximum absolute atomic E-state index is 3.36. The van der Waals surface area contributed by atoms with Crippen LogP contribution in [-0.4, -0.2) is 13.1 Å². The third kappa shape index (κ3) is 1.78. The van der Waals surface area contributed by atoms with Crippen molar-refractivity contribution in [2.24, 2.45) is 0 Å². The molecule has 1 nitrogen and oxygen atoms in total. The minimum atomic E-state index is 0.761. The van der Waals surface area contributed by atoms with Gasteiger partial charge in [-0.15, -0.1) is 0 Å². The Morgan fingerprint density at radius 2 is 1.75 bits per heavy atom. The van der Waals surface area contributed by atoms with Crippen molar-refractivity contribution in [1.29, 1.82) is 0 Å². The van der Waals surface area contributed by atoms with Gasteiger partial charge in [-0.1, -0.05) is 30.7 Å². The number of rotatable bonds is 3. The zero-order chi connectivity index (χ0) is 11.0. The average molecular weight is 215 g/mol. The lowest BCUT2D eigenvalue weighted by Crippen LogP contribution is -2.37. The molecule has 1 aromatic carbocycles. The van der Waals surface area contributed by atoms with E-state index in [0.717, 1.165) is 17.9 Å². The molecule has 0 atom stereocenters. The van der Waals surface area contributed by atoms with E-state index in [1.807, 2.05) is 0 Å². The summed E-state index contributed by atoms with van der Waals surface area (Å²) in [6.07, 6.45) is 6.90. The van der Waals surface area contributed by atoms with Crippen LogP contribution in [0.2, 0.25) is 0 Å². The summed E-state index contributed by atoms with van der Waals surface area (Å²) in [6, 6.07) is 10.1. The Balaban J connectivity index is 1.70. The molecule has 0 amide bonds. The topological polar surface area (TPSA) is 12.0 Å². The molecule has 2 aliphatic rings. The summed E-state index contributed by atoms with van der Waals surface area (Å²) in [5, 5.41) is 3.36. The van der Waals surface area contributed by atoms with Crippen LogP contribution in [0.4, 0.5) is 0 Å². The van der Waals surface area contributed by atoms with Crippen LogP contribution in [0, 0.1) is 0 Å². The van der Waals surface area contributed by atoms with Gasteiger partial charge in [-0.2, -0.15) is 0 Å². The Labute approximate surface area is 98.3 Å². The Morgan fingerprint density at radius 1 is 1.06 bits per heavy atom. The van der Waals surface area contributed by atoms with Gasteiger partial charge in [-0.25, -0.2) is 0 Å². The highest BCUT2D eigenvalue weighted by molar-refractivity contribution is 5.31. The van der Waals surface area contributed by atoms with Crippen LogP contribution in [0.25, 0.3) is 0 Å². The first kappa shape index (κ1) is 10.3. The van der Waals surface area contributed by atoms with Gasteiger partial charge in [0.2, 0.25) is 0 Å². The van der Waals surface area contributed by atoms with Gasteiger partial charge in [-0.05, 0) is 55.7 Å².